The molecule has 2 aromatic rings. The van der Waals surface area contributed by atoms with Gasteiger partial charge in [-0.1, -0.05) is 24.3 Å². The molecule has 0 saturated carbocycles. The maximum Gasteiger partial charge on any atom is 0.193 e. The van der Waals surface area contributed by atoms with E-state index in [1.165, 1.54) is 11.1 Å². The molecule has 0 aromatic heterocycles. The first-order valence-corrected chi connectivity index (χ1v) is 7.57. The standard InChI is InChI=1S/C18H24N4.HI/c1-14-11-15(2)13-17(12-14)22-18(19)21-10-6-9-20-16-7-4-3-5-8-16;/h3-5,7-8,11-13,20H,6,9-10H2,1-2H3,(H3,19,21,22);1H. The van der Waals surface area contributed by atoms with Crippen molar-refractivity contribution in [2.24, 2.45) is 10.7 Å². The van der Waals surface area contributed by atoms with Crippen LogP contribution in [0.4, 0.5) is 11.4 Å². The van der Waals surface area contributed by atoms with E-state index in [2.05, 4.69) is 59.8 Å². The molecule has 0 radical (unpaired) electrons. The molecule has 0 aliphatic carbocycles. The molecule has 0 bridgehead atoms. The minimum absolute atomic E-state index is 0. The monoisotopic (exact) mass is 424 g/mol. The average molecular weight is 424 g/mol. The summed E-state index contributed by atoms with van der Waals surface area (Å²) in [6.07, 6.45) is 0.935. The van der Waals surface area contributed by atoms with Crippen LogP contribution in [0, 0.1) is 13.8 Å². The Balaban J connectivity index is 0.00000264. The zero-order valence-corrected chi connectivity index (χ0v) is 16.0. The van der Waals surface area contributed by atoms with E-state index in [1.54, 1.807) is 0 Å². The van der Waals surface area contributed by atoms with Crippen molar-refractivity contribution in [3.8, 4) is 0 Å². The highest BCUT2D eigenvalue weighted by atomic mass is 127. The highest BCUT2D eigenvalue weighted by molar-refractivity contribution is 14.0. The van der Waals surface area contributed by atoms with Crippen LogP contribution in [0.25, 0.3) is 0 Å². The van der Waals surface area contributed by atoms with E-state index >= 15 is 0 Å². The highest BCUT2D eigenvalue weighted by Gasteiger charge is 1.97. The lowest BCUT2D eigenvalue weighted by Crippen LogP contribution is -2.23. The van der Waals surface area contributed by atoms with E-state index in [0.29, 0.717) is 12.5 Å². The van der Waals surface area contributed by atoms with Gasteiger partial charge in [0.05, 0.1) is 0 Å². The minimum Gasteiger partial charge on any atom is -0.385 e. The molecule has 5 heteroatoms. The second-order valence-electron chi connectivity index (χ2n) is 5.41. The number of rotatable bonds is 6. The third-order valence-corrected chi connectivity index (χ3v) is 3.21. The second kappa shape index (κ2) is 10.1. The van der Waals surface area contributed by atoms with Gasteiger partial charge in [0.15, 0.2) is 5.96 Å². The number of para-hydroxylation sites is 1. The maximum absolute atomic E-state index is 5.92. The Labute approximate surface area is 155 Å². The molecule has 124 valence electrons. The van der Waals surface area contributed by atoms with Gasteiger partial charge in [-0.15, -0.1) is 24.0 Å². The number of aryl methyl sites for hydroxylation is 2. The normalized spacial score (nSPS) is 10.8. The summed E-state index contributed by atoms with van der Waals surface area (Å²) in [5.41, 5.74) is 10.5. The number of anilines is 2. The molecule has 0 unspecified atom stereocenters. The van der Waals surface area contributed by atoms with Gasteiger partial charge in [-0.25, -0.2) is 0 Å². The Morgan fingerprint density at radius 1 is 1.00 bits per heavy atom. The number of halogens is 1. The maximum atomic E-state index is 5.92. The van der Waals surface area contributed by atoms with Crippen LogP contribution in [-0.2, 0) is 0 Å². The number of nitrogens with two attached hydrogens (primary N) is 1. The molecule has 2 aromatic carbocycles. The largest absolute Gasteiger partial charge is 0.385 e. The second-order valence-corrected chi connectivity index (χ2v) is 5.41. The summed E-state index contributed by atoms with van der Waals surface area (Å²) in [4.78, 5) is 4.35. The van der Waals surface area contributed by atoms with Crippen molar-refractivity contribution in [1.29, 1.82) is 0 Å². The van der Waals surface area contributed by atoms with Crippen molar-refractivity contribution < 1.29 is 0 Å². The number of nitrogens with zero attached hydrogens (tertiary/aromatic N) is 1. The van der Waals surface area contributed by atoms with E-state index in [1.807, 2.05) is 18.2 Å². The molecular weight excluding hydrogens is 399 g/mol. The van der Waals surface area contributed by atoms with Crippen molar-refractivity contribution in [2.75, 3.05) is 23.7 Å². The summed E-state index contributed by atoms with van der Waals surface area (Å²) in [5, 5.41) is 6.49. The third kappa shape index (κ3) is 7.36. The van der Waals surface area contributed by atoms with Gasteiger partial charge in [0, 0.05) is 24.5 Å². The number of hydrogen-bond donors (Lipinski definition) is 3. The van der Waals surface area contributed by atoms with Gasteiger partial charge < -0.3 is 16.4 Å². The first-order valence-electron chi connectivity index (χ1n) is 7.57. The Hall–Kier alpha value is -1.76. The van der Waals surface area contributed by atoms with Crippen molar-refractivity contribution in [3.05, 3.63) is 59.7 Å². The molecule has 0 saturated heterocycles. The van der Waals surface area contributed by atoms with E-state index in [-0.39, 0.29) is 24.0 Å². The zero-order chi connectivity index (χ0) is 15.8. The molecule has 0 amide bonds. The third-order valence-electron chi connectivity index (χ3n) is 3.21. The number of hydrogen-bond acceptors (Lipinski definition) is 2. The summed E-state index contributed by atoms with van der Waals surface area (Å²) in [6.45, 7) is 5.72. The van der Waals surface area contributed by atoms with E-state index in [0.717, 1.165) is 24.3 Å². The fourth-order valence-corrected chi connectivity index (χ4v) is 2.30. The van der Waals surface area contributed by atoms with Crippen LogP contribution in [0.3, 0.4) is 0 Å². The lowest BCUT2D eigenvalue weighted by molar-refractivity contribution is 0.873. The predicted molar refractivity (Wildman–Crippen MR) is 111 cm³/mol. The summed E-state index contributed by atoms with van der Waals surface area (Å²) in [5.74, 6) is 0.463. The van der Waals surface area contributed by atoms with Gasteiger partial charge in [-0.3, -0.25) is 4.99 Å². The molecule has 23 heavy (non-hydrogen) atoms. The Morgan fingerprint density at radius 2 is 1.65 bits per heavy atom. The smallest absolute Gasteiger partial charge is 0.193 e. The van der Waals surface area contributed by atoms with Crippen LogP contribution in [0.5, 0.6) is 0 Å². The summed E-state index contributed by atoms with van der Waals surface area (Å²) < 4.78 is 0. The van der Waals surface area contributed by atoms with Gasteiger partial charge in [-0.2, -0.15) is 0 Å². The lowest BCUT2D eigenvalue weighted by atomic mass is 10.1. The number of nitrogens with one attached hydrogen (secondary N) is 2. The molecule has 0 aliphatic rings. The minimum atomic E-state index is 0. The first kappa shape index (κ1) is 19.3. The molecule has 0 heterocycles. The van der Waals surface area contributed by atoms with E-state index in [4.69, 9.17) is 5.73 Å². The predicted octanol–water partition coefficient (Wildman–Crippen LogP) is 4.15. The quantitative estimate of drug-likeness (QED) is 0.283. The SMILES string of the molecule is Cc1cc(C)cc(NC(N)=NCCCNc2ccccc2)c1.I. The van der Waals surface area contributed by atoms with Crippen molar-refractivity contribution in [2.45, 2.75) is 20.3 Å². The fourth-order valence-electron chi connectivity index (χ4n) is 2.30. The average Bonchev–Trinajstić information content (AvgIpc) is 2.47. The fraction of sp³-hybridized carbons (Fsp3) is 0.278. The topological polar surface area (TPSA) is 62.4 Å². The molecule has 0 aliphatic heterocycles. The zero-order valence-electron chi connectivity index (χ0n) is 13.7. The van der Waals surface area contributed by atoms with E-state index in [9.17, 15) is 0 Å². The molecule has 4 nitrogen and oxygen atoms in total. The first-order chi connectivity index (χ1) is 10.6. The van der Waals surface area contributed by atoms with E-state index < -0.39 is 0 Å². The number of benzene rings is 2. The van der Waals surface area contributed by atoms with Gasteiger partial charge in [0.25, 0.3) is 0 Å². The Kier molecular flexibility index (Phi) is 8.47. The van der Waals surface area contributed by atoms with Crippen LogP contribution >= 0.6 is 24.0 Å². The van der Waals surface area contributed by atoms with Crippen molar-refractivity contribution >= 4 is 41.3 Å². The molecule has 0 atom stereocenters. The van der Waals surface area contributed by atoms with Crippen LogP contribution < -0.4 is 16.4 Å². The molecule has 4 N–H and O–H groups in total. The van der Waals surface area contributed by atoms with Crippen LogP contribution in [0.1, 0.15) is 17.5 Å². The Morgan fingerprint density at radius 3 is 2.30 bits per heavy atom. The molecule has 0 spiro atoms. The van der Waals surface area contributed by atoms with Gasteiger partial charge in [0.2, 0.25) is 0 Å². The van der Waals surface area contributed by atoms with Crippen LogP contribution in [0.2, 0.25) is 0 Å². The summed E-state index contributed by atoms with van der Waals surface area (Å²) in [7, 11) is 0. The van der Waals surface area contributed by atoms with Crippen LogP contribution in [-0.4, -0.2) is 19.0 Å². The molecular formula is C18H25IN4. The van der Waals surface area contributed by atoms with Crippen molar-refractivity contribution in [1.82, 2.24) is 0 Å². The highest BCUT2D eigenvalue weighted by Crippen LogP contribution is 2.13. The van der Waals surface area contributed by atoms with Crippen LogP contribution in [0.15, 0.2) is 53.5 Å². The Bertz CT molecular complexity index is 606. The van der Waals surface area contributed by atoms with Gasteiger partial charge in [0.1, 0.15) is 0 Å². The van der Waals surface area contributed by atoms with Gasteiger partial charge in [-0.05, 0) is 55.7 Å². The number of guanidine groups is 1. The van der Waals surface area contributed by atoms with Gasteiger partial charge >= 0.3 is 0 Å². The number of aliphatic imine (C=N–C) groups is 1. The van der Waals surface area contributed by atoms with Crippen molar-refractivity contribution in [3.63, 3.8) is 0 Å². The molecule has 2 rings (SSSR count). The molecule has 0 fully saturated rings. The summed E-state index contributed by atoms with van der Waals surface area (Å²) in [6, 6.07) is 16.4. The summed E-state index contributed by atoms with van der Waals surface area (Å²) >= 11 is 0. The lowest BCUT2D eigenvalue weighted by Gasteiger charge is -2.08.